The van der Waals surface area contributed by atoms with E-state index in [0.717, 1.165) is 26.1 Å². The molecule has 1 aliphatic heterocycles. The molecule has 6 nitrogen and oxygen atoms in total. The standard InChI is InChI=1S/C13H24N4O2S/c1-4-16-7-6-12(9-16)8-14-20(18,19)13-10-17(5-2)15-11(13)3/h10,12,14H,4-9H2,1-3H3. The van der Waals surface area contributed by atoms with Crippen molar-refractivity contribution in [1.29, 1.82) is 0 Å². The Morgan fingerprint density at radius 1 is 1.40 bits per heavy atom. The van der Waals surface area contributed by atoms with Gasteiger partial charge in [0.2, 0.25) is 10.0 Å². The molecule has 2 heterocycles. The normalized spacial score (nSPS) is 20.6. The van der Waals surface area contributed by atoms with Crippen LogP contribution >= 0.6 is 0 Å². The molecule has 1 saturated heterocycles. The van der Waals surface area contributed by atoms with E-state index in [4.69, 9.17) is 0 Å². The summed E-state index contributed by atoms with van der Waals surface area (Å²) in [6.45, 7) is 10.1. The number of hydrogen-bond donors (Lipinski definition) is 1. The molecule has 7 heteroatoms. The molecule has 0 aliphatic carbocycles. The van der Waals surface area contributed by atoms with Gasteiger partial charge in [-0.3, -0.25) is 4.68 Å². The highest BCUT2D eigenvalue weighted by Gasteiger charge is 2.25. The molecule has 0 spiro atoms. The van der Waals surface area contributed by atoms with E-state index >= 15 is 0 Å². The molecular weight excluding hydrogens is 276 g/mol. The van der Waals surface area contributed by atoms with Gasteiger partial charge in [-0.2, -0.15) is 5.10 Å². The molecule has 1 N–H and O–H groups in total. The van der Waals surface area contributed by atoms with E-state index < -0.39 is 10.0 Å². The fourth-order valence-electron chi connectivity index (χ4n) is 2.60. The van der Waals surface area contributed by atoms with E-state index in [1.165, 1.54) is 0 Å². The van der Waals surface area contributed by atoms with Gasteiger partial charge < -0.3 is 4.90 Å². The van der Waals surface area contributed by atoms with Crippen LogP contribution in [-0.4, -0.2) is 49.3 Å². The van der Waals surface area contributed by atoms with Crippen LogP contribution in [0.15, 0.2) is 11.1 Å². The molecule has 0 bridgehead atoms. The number of aryl methyl sites for hydroxylation is 2. The molecule has 1 atom stereocenters. The predicted octanol–water partition coefficient (Wildman–Crippen LogP) is 0.832. The summed E-state index contributed by atoms with van der Waals surface area (Å²) in [5, 5.41) is 4.19. The van der Waals surface area contributed by atoms with Crippen LogP contribution in [0, 0.1) is 12.8 Å². The zero-order chi connectivity index (χ0) is 14.8. The van der Waals surface area contributed by atoms with E-state index in [0.29, 0.717) is 29.6 Å². The molecule has 114 valence electrons. The van der Waals surface area contributed by atoms with E-state index in [9.17, 15) is 8.42 Å². The highest BCUT2D eigenvalue weighted by atomic mass is 32.2. The minimum absolute atomic E-state index is 0.296. The zero-order valence-electron chi connectivity index (χ0n) is 12.5. The van der Waals surface area contributed by atoms with Crippen LogP contribution in [0.4, 0.5) is 0 Å². The molecule has 0 saturated carbocycles. The number of nitrogens with one attached hydrogen (secondary N) is 1. The molecule has 0 amide bonds. The molecule has 1 aliphatic rings. The van der Waals surface area contributed by atoms with Gasteiger partial charge in [0.15, 0.2) is 0 Å². The van der Waals surface area contributed by atoms with Crippen molar-refractivity contribution < 1.29 is 8.42 Å². The maximum Gasteiger partial charge on any atom is 0.243 e. The summed E-state index contributed by atoms with van der Waals surface area (Å²) < 4.78 is 29.0. The first-order valence-electron chi connectivity index (χ1n) is 7.22. The van der Waals surface area contributed by atoms with Crippen LogP contribution in [0.2, 0.25) is 0 Å². The average Bonchev–Trinajstić information content (AvgIpc) is 3.02. The summed E-state index contributed by atoms with van der Waals surface area (Å²) in [6, 6.07) is 0. The summed E-state index contributed by atoms with van der Waals surface area (Å²) >= 11 is 0. The number of rotatable bonds is 6. The third kappa shape index (κ3) is 3.39. The fraction of sp³-hybridized carbons (Fsp3) is 0.769. The molecule has 20 heavy (non-hydrogen) atoms. The smallest absolute Gasteiger partial charge is 0.243 e. The molecule has 1 aromatic rings. The lowest BCUT2D eigenvalue weighted by Crippen LogP contribution is -2.31. The van der Waals surface area contributed by atoms with Crippen LogP contribution in [0.5, 0.6) is 0 Å². The van der Waals surface area contributed by atoms with Crippen molar-refractivity contribution in [2.45, 2.75) is 38.6 Å². The van der Waals surface area contributed by atoms with Crippen molar-refractivity contribution in [3.05, 3.63) is 11.9 Å². The van der Waals surface area contributed by atoms with E-state index in [1.54, 1.807) is 17.8 Å². The van der Waals surface area contributed by atoms with Gasteiger partial charge in [-0.15, -0.1) is 0 Å². The summed E-state index contributed by atoms with van der Waals surface area (Å²) in [5.74, 6) is 0.409. The minimum atomic E-state index is -3.44. The van der Waals surface area contributed by atoms with Gasteiger partial charge in [-0.1, -0.05) is 6.92 Å². The maximum atomic E-state index is 12.3. The average molecular weight is 300 g/mol. The summed E-state index contributed by atoms with van der Waals surface area (Å²) in [6.07, 6.45) is 2.66. The van der Waals surface area contributed by atoms with E-state index in [1.807, 2.05) is 6.92 Å². The highest BCUT2D eigenvalue weighted by molar-refractivity contribution is 7.89. The third-order valence-electron chi connectivity index (χ3n) is 3.89. The Hall–Kier alpha value is -0.920. The second kappa shape index (κ2) is 6.24. The van der Waals surface area contributed by atoms with Crippen molar-refractivity contribution in [2.24, 2.45) is 5.92 Å². The summed E-state index contributed by atoms with van der Waals surface area (Å²) in [5.41, 5.74) is 0.556. The van der Waals surface area contributed by atoms with Gasteiger partial charge in [0.25, 0.3) is 0 Å². The Bertz CT molecular complexity index is 553. The van der Waals surface area contributed by atoms with Crippen molar-refractivity contribution in [3.8, 4) is 0 Å². The molecule has 0 aromatic carbocycles. The highest BCUT2D eigenvalue weighted by Crippen LogP contribution is 2.17. The van der Waals surface area contributed by atoms with Gasteiger partial charge in [0.1, 0.15) is 4.90 Å². The summed E-state index contributed by atoms with van der Waals surface area (Å²) in [7, 11) is -3.44. The Kier molecular flexibility index (Phi) is 4.82. The molecular formula is C13H24N4O2S. The first-order valence-corrected chi connectivity index (χ1v) is 8.70. The lowest BCUT2D eigenvalue weighted by atomic mass is 10.1. The Morgan fingerprint density at radius 2 is 2.15 bits per heavy atom. The zero-order valence-corrected chi connectivity index (χ0v) is 13.3. The van der Waals surface area contributed by atoms with Crippen LogP contribution in [0.1, 0.15) is 26.0 Å². The number of sulfonamides is 1. The maximum absolute atomic E-state index is 12.3. The SMILES string of the molecule is CCN1CCC(CNS(=O)(=O)c2cn(CC)nc2C)C1. The topological polar surface area (TPSA) is 67.2 Å². The van der Waals surface area contributed by atoms with Gasteiger partial charge >= 0.3 is 0 Å². The van der Waals surface area contributed by atoms with Gasteiger partial charge in [-0.25, -0.2) is 13.1 Å². The second-order valence-corrected chi connectivity index (χ2v) is 7.07. The quantitative estimate of drug-likeness (QED) is 0.845. The van der Waals surface area contributed by atoms with Gasteiger partial charge in [0.05, 0.1) is 5.69 Å². The Labute approximate surface area is 121 Å². The first kappa shape index (κ1) is 15.5. The predicted molar refractivity (Wildman–Crippen MR) is 78.0 cm³/mol. The van der Waals surface area contributed by atoms with Crippen molar-refractivity contribution in [3.63, 3.8) is 0 Å². The Balaban J connectivity index is 1.99. The monoisotopic (exact) mass is 300 g/mol. The van der Waals surface area contributed by atoms with Crippen molar-refractivity contribution in [1.82, 2.24) is 19.4 Å². The molecule has 1 unspecified atom stereocenters. The minimum Gasteiger partial charge on any atom is -0.303 e. The number of nitrogens with zero attached hydrogens (tertiary/aromatic N) is 3. The molecule has 0 radical (unpaired) electrons. The van der Waals surface area contributed by atoms with Crippen molar-refractivity contribution in [2.75, 3.05) is 26.2 Å². The van der Waals surface area contributed by atoms with Crippen molar-refractivity contribution >= 4 is 10.0 Å². The lowest BCUT2D eigenvalue weighted by Gasteiger charge is -2.13. The fourth-order valence-corrected chi connectivity index (χ4v) is 3.90. The van der Waals surface area contributed by atoms with E-state index in [-0.39, 0.29) is 0 Å². The lowest BCUT2D eigenvalue weighted by molar-refractivity contribution is 0.342. The third-order valence-corrected chi connectivity index (χ3v) is 5.42. The van der Waals surface area contributed by atoms with Gasteiger partial charge in [-0.05, 0) is 39.3 Å². The van der Waals surface area contributed by atoms with Crippen LogP contribution in [0.25, 0.3) is 0 Å². The first-order chi connectivity index (χ1) is 9.46. The second-order valence-electron chi connectivity index (χ2n) is 5.33. The van der Waals surface area contributed by atoms with E-state index in [2.05, 4.69) is 21.6 Å². The number of aromatic nitrogens is 2. The van der Waals surface area contributed by atoms with Crippen LogP contribution < -0.4 is 4.72 Å². The van der Waals surface area contributed by atoms with Crippen LogP contribution in [0.3, 0.4) is 0 Å². The molecule has 1 aromatic heterocycles. The molecule has 2 rings (SSSR count). The Morgan fingerprint density at radius 3 is 2.70 bits per heavy atom. The van der Waals surface area contributed by atoms with Gasteiger partial charge in [0, 0.05) is 25.8 Å². The van der Waals surface area contributed by atoms with Crippen LogP contribution in [-0.2, 0) is 16.6 Å². The number of likely N-dealkylation sites (tertiary alicyclic amines) is 1. The summed E-state index contributed by atoms with van der Waals surface area (Å²) in [4.78, 5) is 2.64. The number of hydrogen-bond acceptors (Lipinski definition) is 4. The largest absolute Gasteiger partial charge is 0.303 e. The molecule has 1 fully saturated rings.